The van der Waals surface area contributed by atoms with Gasteiger partial charge in [0.25, 0.3) is 0 Å². The van der Waals surface area contributed by atoms with Gasteiger partial charge in [-0.3, -0.25) is 4.79 Å². The highest BCUT2D eigenvalue weighted by Crippen LogP contribution is 2.17. The van der Waals surface area contributed by atoms with Crippen LogP contribution in [0.4, 0.5) is 0 Å². The van der Waals surface area contributed by atoms with Crippen molar-refractivity contribution in [1.82, 2.24) is 0 Å². The van der Waals surface area contributed by atoms with Crippen LogP contribution in [-0.4, -0.2) is 24.4 Å². The van der Waals surface area contributed by atoms with E-state index in [0.717, 1.165) is 25.0 Å². The van der Waals surface area contributed by atoms with E-state index in [2.05, 4.69) is 6.92 Å². The molecular formula is C9H16O3S. The zero-order chi connectivity index (χ0) is 9.52. The van der Waals surface area contributed by atoms with E-state index in [1.165, 1.54) is 12.0 Å². The van der Waals surface area contributed by atoms with Crippen LogP contribution in [-0.2, 0) is 13.7 Å². The lowest BCUT2D eigenvalue weighted by molar-refractivity contribution is -0.148. The molecule has 3 nitrogen and oxygen atoms in total. The predicted octanol–water partition coefficient (Wildman–Crippen LogP) is 2.16. The number of ether oxygens (including phenoxy) is 1. The molecule has 1 saturated heterocycles. The quantitative estimate of drug-likeness (QED) is 0.390. The standard InChI is InChI=1S/C9H16O3S/c1-2-3-4-5-9(10)12-8-6-11-13-7-8/h8H,2-7H2,1H3. The number of rotatable bonds is 5. The smallest absolute Gasteiger partial charge is 0.306 e. The Labute approximate surface area is 83.4 Å². The summed E-state index contributed by atoms with van der Waals surface area (Å²) in [5.41, 5.74) is 0. The molecule has 0 N–H and O–H groups in total. The fraction of sp³-hybridized carbons (Fsp3) is 0.889. The third-order valence-corrected chi connectivity index (χ3v) is 2.68. The van der Waals surface area contributed by atoms with Crippen molar-refractivity contribution < 1.29 is 13.7 Å². The second kappa shape index (κ2) is 6.27. The first-order chi connectivity index (χ1) is 6.33. The predicted molar refractivity (Wildman–Crippen MR) is 52.4 cm³/mol. The van der Waals surface area contributed by atoms with Crippen molar-refractivity contribution >= 4 is 18.0 Å². The normalized spacial score (nSPS) is 21.8. The van der Waals surface area contributed by atoms with E-state index < -0.39 is 0 Å². The summed E-state index contributed by atoms with van der Waals surface area (Å²) in [5.74, 6) is 0.698. The molecule has 1 atom stereocenters. The van der Waals surface area contributed by atoms with Crippen LogP contribution in [0.2, 0.25) is 0 Å². The largest absolute Gasteiger partial charge is 0.459 e. The van der Waals surface area contributed by atoms with Crippen LogP contribution in [0.5, 0.6) is 0 Å². The first kappa shape index (κ1) is 10.9. The van der Waals surface area contributed by atoms with Crippen molar-refractivity contribution in [3.05, 3.63) is 0 Å². The van der Waals surface area contributed by atoms with Gasteiger partial charge in [-0.25, -0.2) is 0 Å². The van der Waals surface area contributed by atoms with E-state index in [1.54, 1.807) is 0 Å². The Balaban J connectivity index is 2.02. The molecule has 76 valence electrons. The Bertz CT molecular complexity index is 155. The lowest BCUT2D eigenvalue weighted by atomic mass is 10.2. The van der Waals surface area contributed by atoms with Crippen molar-refractivity contribution in [2.24, 2.45) is 0 Å². The van der Waals surface area contributed by atoms with E-state index in [0.29, 0.717) is 13.0 Å². The van der Waals surface area contributed by atoms with Gasteiger partial charge in [-0.2, -0.15) is 0 Å². The van der Waals surface area contributed by atoms with Gasteiger partial charge in [-0.1, -0.05) is 19.8 Å². The minimum Gasteiger partial charge on any atom is -0.459 e. The van der Waals surface area contributed by atoms with Gasteiger partial charge < -0.3 is 8.92 Å². The van der Waals surface area contributed by atoms with E-state index in [1.807, 2.05) is 0 Å². The van der Waals surface area contributed by atoms with Crippen LogP contribution in [0.3, 0.4) is 0 Å². The average molecular weight is 204 g/mol. The third-order valence-electron chi connectivity index (χ3n) is 1.87. The minimum absolute atomic E-state index is 0.0147. The molecule has 1 heterocycles. The monoisotopic (exact) mass is 204 g/mol. The van der Waals surface area contributed by atoms with Gasteiger partial charge in [0.05, 0.1) is 12.4 Å². The topological polar surface area (TPSA) is 35.5 Å². The molecule has 1 fully saturated rings. The number of unbranched alkanes of at least 4 members (excludes halogenated alkanes) is 2. The first-order valence-corrected chi connectivity index (χ1v) is 5.68. The summed E-state index contributed by atoms with van der Waals surface area (Å²) in [4.78, 5) is 11.2. The van der Waals surface area contributed by atoms with Crippen LogP contribution in [0.1, 0.15) is 32.6 Å². The third kappa shape index (κ3) is 4.52. The van der Waals surface area contributed by atoms with Crippen molar-refractivity contribution in [3.8, 4) is 0 Å². The summed E-state index contributed by atoms with van der Waals surface area (Å²) in [6.45, 7) is 2.66. The molecule has 0 saturated carbocycles. The fourth-order valence-electron chi connectivity index (χ4n) is 1.13. The fourth-order valence-corrected chi connectivity index (χ4v) is 1.79. The highest BCUT2D eigenvalue weighted by Gasteiger charge is 2.20. The lowest BCUT2D eigenvalue weighted by Gasteiger charge is -2.08. The molecule has 13 heavy (non-hydrogen) atoms. The number of esters is 1. The van der Waals surface area contributed by atoms with E-state index >= 15 is 0 Å². The van der Waals surface area contributed by atoms with Crippen LogP contribution in [0.25, 0.3) is 0 Å². The number of hydrogen-bond donors (Lipinski definition) is 0. The lowest BCUT2D eigenvalue weighted by Crippen LogP contribution is -2.20. The number of hydrogen-bond acceptors (Lipinski definition) is 4. The molecule has 0 spiro atoms. The summed E-state index contributed by atoms with van der Waals surface area (Å²) >= 11 is 1.38. The van der Waals surface area contributed by atoms with Crippen LogP contribution < -0.4 is 0 Å². The van der Waals surface area contributed by atoms with E-state index in [4.69, 9.17) is 8.92 Å². The van der Waals surface area contributed by atoms with Gasteiger partial charge in [0.1, 0.15) is 6.10 Å². The minimum atomic E-state index is -0.0791. The van der Waals surface area contributed by atoms with Crippen LogP contribution >= 0.6 is 12.0 Å². The van der Waals surface area contributed by atoms with E-state index in [9.17, 15) is 4.79 Å². The molecule has 1 unspecified atom stereocenters. The van der Waals surface area contributed by atoms with E-state index in [-0.39, 0.29) is 12.1 Å². The molecule has 1 aliphatic heterocycles. The summed E-state index contributed by atoms with van der Waals surface area (Å²) in [6.07, 6.45) is 3.71. The highest BCUT2D eigenvalue weighted by atomic mass is 32.2. The van der Waals surface area contributed by atoms with Crippen molar-refractivity contribution in [3.63, 3.8) is 0 Å². The van der Waals surface area contributed by atoms with Gasteiger partial charge in [0.2, 0.25) is 0 Å². The molecule has 1 aliphatic rings. The second-order valence-corrected chi connectivity index (χ2v) is 3.94. The molecule has 0 aromatic carbocycles. The van der Waals surface area contributed by atoms with Gasteiger partial charge >= 0.3 is 5.97 Å². The summed E-state index contributed by atoms with van der Waals surface area (Å²) < 4.78 is 10.2. The molecule has 0 bridgehead atoms. The molecular weight excluding hydrogens is 188 g/mol. The Kier molecular flexibility index (Phi) is 5.23. The zero-order valence-electron chi connectivity index (χ0n) is 7.95. The molecule has 0 aliphatic carbocycles. The maximum absolute atomic E-state index is 11.2. The molecule has 1 rings (SSSR count). The summed E-state index contributed by atoms with van der Waals surface area (Å²) in [6, 6.07) is 0. The molecule has 0 aromatic heterocycles. The number of carbonyl (C=O) groups excluding carboxylic acids is 1. The average Bonchev–Trinajstić information content (AvgIpc) is 2.57. The van der Waals surface area contributed by atoms with Crippen molar-refractivity contribution in [2.75, 3.05) is 12.4 Å². The Morgan fingerprint density at radius 2 is 2.46 bits per heavy atom. The van der Waals surface area contributed by atoms with Gasteiger partial charge in [0, 0.05) is 6.42 Å². The first-order valence-electron chi connectivity index (χ1n) is 4.77. The van der Waals surface area contributed by atoms with Crippen LogP contribution in [0.15, 0.2) is 0 Å². The number of carbonyl (C=O) groups is 1. The van der Waals surface area contributed by atoms with Gasteiger partial charge in [0.15, 0.2) is 0 Å². The second-order valence-electron chi connectivity index (χ2n) is 3.14. The Morgan fingerprint density at radius 3 is 3.08 bits per heavy atom. The maximum atomic E-state index is 11.2. The molecule has 0 radical (unpaired) electrons. The SMILES string of the molecule is CCCCCC(=O)OC1COSC1. The maximum Gasteiger partial charge on any atom is 0.306 e. The Morgan fingerprint density at radius 1 is 1.62 bits per heavy atom. The van der Waals surface area contributed by atoms with Crippen LogP contribution in [0, 0.1) is 0 Å². The molecule has 0 amide bonds. The molecule has 0 aromatic rings. The van der Waals surface area contributed by atoms with Gasteiger partial charge in [-0.15, -0.1) is 0 Å². The highest BCUT2D eigenvalue weighted by molar-refractivity contribution is 7.94. The summed E-state index contributed by atoms with van der Waals surface area (Å²) in [5, 5.41) is 0. The van der Waals surface area contributed by atoms with Crippen molar-refractivity contribution in [1.29, 1.82) is 0 Å². The van der Waals surface area contributed by atoms with Crippen molar-refractivity contribution in [2.45, 2.75) is 38.7 Å². The summed E-state index contributed by atoms with van der Waals surface area (Å²) in [7, 11) is 0. The van der Waals surface area contributed by atoms with Gasteiger partial charge in [-0.05, 0) is 18.5 Å². The molecule has 4 heteroatoms. The Hall–Kier alpha value is -0.220. The zero-order valence-corrected chi connectivity index (χ0v) is 8.77.